The normalized spacial score (nSPS) is 35.4. The molecule has 0 radical (unpaired) electrons. The summed E-state index contributed by atoms with van der Waals surface area (Å²) in [5, 5.41) is 3.18. The summed E-state index contributed by atoms with van der Waals surface area (Å²) in [6, 6.07) is 0.703. The molecular formula is C5H8N2. The number of rotatable bonds is 0. The topological polar surface area (TPSA) is 34.3 Å². The van der Waals surface area contributed by atoms with Crippen LogP contribution in [0, 0.1) is 0 Å². The Labute approximate surface area is 42.6 Å². The molecule has 0 bridgehead atoms. The fourth-order valence-electron chi connectivity index (χ4n) is 0.996. The second-order valence-electron chi connectivity index (χ2n) is 2.11. The fourth-order valence-corrected chi connectivity index (χ4v) is 0.996. The third-order valence-electron chi connectivity index (χ3n) is 1.50. The second-order valence-corrected chi connectivity index (χ2v) is 2.11. The van der Waals surface area contributed by atoms with Gasteiger partial charge in [0.2, 0.25) is 0 Å². The third-order valence-corrected chi connectivity index (χ3v) is 1.50. The second kappa shape index (κ2) is 0.997. The molecule has 38 valence electrons. The Bertz CT molecular complexity index is 117. The zero-order valence-electron chi connectivity index (χ0n) is 4.15. The highest BCUT2D eigenvalue weighted by atomic mass is 15.2. The first-order chi connectivity index (χ1) is 3.47. The highest BCUT2D eigenvalue weighted by Gasteiger charge is 2.31. The molecule has 2 aliphatic rings. The van der Waals surface area contributed by atoms with Crippen molar-refractivity contribution in [2.45, 2.75) is 18.9 Å². The standard InChI is InChI=1S/C5H8N2/c1-2-4-5(7-4)6-3-1/h4H,1-3H2,(H,6,7). The van der Waals surface area contributed by atoms with E-state index in [1.165, 1.54) is 18.7 Å². The van der Waals surface area contributed by atoms with Crippen LogP contribution in [-0.4, -0.2) is 18.4 Å². The predicted octanol–water partition coefficient (Wildman–Crippen LogP) is 0.151. The summed E-state index contributed by atoms with van der Waals surface area (Å²) in [6.07, 6.45) is 2.60. The lowest BCUT2D eigenvalue weighted by Gasteiger charge is -1.93. The van der Waals surface area contributed by atoms with Crippen LogP contribution in [0.2, 0.25) is 0 Å². The molecule has 2 aliphatic heterocycles. The molecule has 2 nitrogen and oxygen atoms in total. The molecule has 1 atom stereocenters. The molecule has 1 saturated heterocycles. The van der Waals surface area contributed by atoms with Gasteiger partial charge in [0.05, 0.1) is 6.04 Å². The monoisotopic (exact) mass is 96.1 g/mol. The Morgan fingerprint density at radius 2 is 2.71 bits per heavy atom. The minimum absolute atomic E-state index is 0.703. The van der Waals surface area contributed by atoms with Gasteiger partial charge in [-0.3, -0.25) is 4.99 Å². The van der Waals surface area contributed by atoms with Crippen molar-refractivity contribution < 1.29 is 0 Å². The molecule has 2 rings (SSSR count). The van der Waals surface area contributed by atoms with Crippen LogP contribution in [0.1, 0.15) is 12.8 Å². The molecular weight excluding hydrogens is 88.1 g/mol. The summed E-state index contributed by atoms with van der Waals surface area (Å²) >= 11 is 0. The quantitative estimate of drug-likeness (QED) is 0.428. The molecule has 1 N–H and O–H groups in total. The van der Waals surface area contributed by atoms with Crippen LogP contribution in [0.5, 0.6) is 0 Å². The van der Waals surface area contributed by atoms with Crippen molar-refractivity contribution in [3.8, 4) is 0 Å². The molecule has 0 aromatic heterocycles. The summed E-state index contributed by atoms with van der Waals surface area (Å²) in [5.74, 6) is 1.26. The van der Waals surface area contributed by atoms with Gasteiger partial charge < -0.3 is 5.32 Å². The average Bonchev–Trinajstić information content (AvgIpc) is 2.41. The Balaban J connectivity index is 2.19. The van der Waals surface area contributed by atoms with Crippen molar-refractivity contribution in [1.82, 2.24) is 5.32 Å². The number of nitrogens with zero attached hydrogens (tertiary/aromatic N) is 1. The van der Waals surface area contributed by atoms with Crippen LogP contribution in [0.25, 0.3) is 0 Å². The van der Waals surface area contributed by atoms with Crippen LogP contribution < -0.4 is 5.32 Å². The average molecular weight is 96.1 g/mol. The van der Waals surface area contributed by atoms with Crippen molar-refractivity contribution in [2.75, 3.05) is 6.54 Å². The first-order valence-corrected chi connectivity index (χ1v) is 2.78. The van der Waals surface area contributed by atoms with Crippen molar-refractivity contribution in [3.05, 3.63) is 0 Å². The van der Waals surface area contributed by atoms with Crippen LogP contribution in [0.15, 0.2) is 4.99 Å². The van der Waals surface area contributed by atoms with Gasteiger partial charge in [-0.05, 0) is 12.8 Å². The smallest absolute Gasteiger partial charge is 0.120 e. The van der Waals surface area contributed by atoms with E-state index >= 15 is 0 Å². The first-order valence-electron chi connectivity index (χ1n) is 2.78. The van der Waals surface area contributed by atoms with Gasteiger partial charge in [0.25, 0.3) is 0 Å². The van der Waals surface area contributed by atoms with Gasteiger partial charge in [-0.15, -0.1) is 0 Å². The number of fused-ring (bicyclic) bond motifs is 1. The van der Waals surface area contributed by atoms with Crippen LogP contribution in [-0.2, 0) is 0 Å². The first kappa shape index (κ1) is 3.47. The Kier molecular flexibility index (Phi) is 0.494. The van der Waals surface area contributed by atoms with Gasteiger partial charge in [-0.25, -0.2) is 0 Å². The molecule has 0 saturated carbocycles. The third kappa shape index (κ3) is 0.424. The number of hydrogen-bond donors (Lipinski definition) is 1. The molecule has 0 aliphatic carbocycles. The van der Waals surface area contributed by atoms with Crippen molar-refractivity contribution in [2.24, 2.45) is 4.99 Å². The lowest BCUT2D eigenvalue weighted by molar-refractivity contribution is 0.729. The lowest BCUT2D eigenvalue weighted by atomic mass is 10.2. The molecule has 1 unspecified atom stereocenters. The number of aliphatic imine (C=N–C) groups is 1. The highest BCUT2D eigenvalue weighted by Crippen LogP contribution is 2.15. The van der Waals surface area contributed by atoms with Gasteiger partial charge in [0.15, 0.2) is 0 Å². The van der Waals surface area contributed by atoms with E-state index in [0.29, 0.717) is 6.04 Å². The molecule has 0 aromatic carbocycles. The van der Waals surface area contributed by atoms with E-state index in [1.807, 2.05) is 0 Å². The molecule has 2 heterocycles. The minimum Gasteiger partial charge on any atom is -0.362 e. The number of nitrogens with one attached hydrogen (secondary N) is 1. The van der Waals surface area contributed by atoms with Crippen LogP contribution in [0.4, 0.5) is 0 Å². The number of amidine groups is 1. The van der Waals surface area contributed by atoms with Gasteiger partial charge in [0, 0.05) is 6.54 Å². The summed E-state index contributed by atoms with van der Waals surface area (Å²) in [6.45, 7) is 1.05. The molecule has 0 aromatic rings. The van der Waals surface area contributed by atoms with E-state index in [0.717, 1.165) is 6.54 Å². The fraction of sp³-hybridized carbons (Fsp3) is 0.800. The van der Waals surface area contributed by atoms with Crippen LogP contribution >= 0.6 is 0 Å². The molecule has 7 heavy (non-hydrogen) atoms. The largest absolute Gasteiger partial charge is 0.362 e. The molecule has 2 heteroatoms. The van der Waals surface area contributed by atoms with Gasteiger partial charge in [-0.2, -0.15) is 0 Å². The van der Waals surface area contributed by atoms with E-state index < -0.39 is 0 Å². The van der Waals surface area contributed by atoms with Gasteiger partial charge >= 0.3 is 0 Å². The van der Waals surface area contributed by atoms with Crippen molar-refractivity contribution in [3.63, 3.8) is 0 Å². The summed E-state index contributed by atoms with van der Waals surface area (Å²) in [5.41, 5.74) is 0. The molecule has 1 fully saturated rings. The zero-order valence-corrected chi connectivity index (χ0v) is 4.15. The predicted molar refractivity (Wildman–Crippen MR) is 28.5 cm³/mol. The molecule has 0 spiro atoms. The van der Waals surface area contributed by atoms with Crippen molar-refractivity contribution in [1.29, 1.82) is 0 Å². The van der Waals surface area contributed by atoms with E-state index in [9.17, 15) is 0 Å². The SMILES string of the molecule is C1CN=C2NC2C1. The maximum Gasteiger partial charge on any atom is 0.120 e. The van der Waals surface area contributed by atoms with Gasteiger partial charge in [-0.1, -0.05) is 0 Å². The summed E-state index contributed by atoms with van der Waals surface area (Å²) in [4.78, 5) is 4.21. The minimum atomic E-state index is 0.703. The molecule has 0 amide bonds. The Morgan fingerprint density at radius 1 is 1.71 bits per heavy atom. The maximum atomic E-state index is 4.21. The van der Waals surface area contributed by atoms with E-state index in [4.69, 9.17) is 0 Å². The van der Waals surface area contributed by atoms with Gasteiger partial charge in [0.1, 0.15) is 5.84 Å². The summed E-state index contributed by atoms with van der Waals surface area (Å²) < 4.78 is 0. The Morgan fingerprint density at radius 3 is 3.29 bits per heavy atom. The zero-order chi connectivity index (χ0) is 4.69. The highest BCUT2D eigenvalue weighted by molar-refractivity contribution is 6.01. The van der Waals surface area contributed by atoms with E-state index in [1.54, 1.807) is 0 Å². The maximum absolute atomic E-state index is 4.21. The van der Waals surface area contributed by atoms with Crippen molar-refractivity contribution >= 4 is 5.84 Å². The Hall–Kier alpha value is -0.530. The lowest BCUT2D eigenvalue weighted by Crippen LogP contribution is -1.97. The van der Waals surface area contributed by atoms with E-state index in [2.05, 4.69) is 10.3 Å². The number of hydrogen-bond acceptors (Lipinski definition) is 2. The summed E-state index contributed by atoms with van der Waals surface area (Å²) in [7, 11) is 0. The van der Waals surface area contributed by atoms with E-state index in [-0.39, 0.29) is 0 Å². The van der Waals surface area contributed by atoms with Crippen LogP contribution in [0.3, 0.4) is 0 Å².